The van der Waals surface area contributed by atoms with E-state index in [2.05, 4.69) is 10.5 Å². The van der Waals surface area contributed by atoms with Gasteiger partial charge in [0.2, 0.25) is 5.91 Å². The first kappa shape index (κ1) is 21.2. The number of hydrogen-bond donors (Lipinski definition) is 1. The Hall–Kier alpha value is -3.47. The molecule has 1 N–H and O–H groups in total. The number of methoxy groups -OCH3 is 1. The van der Waals surface area contributed by atoms with Crippen LogP contribution in [0.15, 0.2) is 46.4 Å². The zero-order valence-electron chi connectivity index (χ0n) is 16.2. The van der Waals surface area contributed by atoms with Crippen LogP contribution >= 0.6 is 0 Å². The van der Waals surface area contributed by atoms with Crippen molar-refractivity contribution in [3.8, 4) is 11.5 Å². The molecule has 3 rings (SSSR count). The molecule has 1 amide bonds. The highest BCUT2D eigenvalue weighted by Crippen LogP contribution is 2.32. The second-order valence-corrected chi connectivity index (χ2v) is 8.21. The highest BCUT2D eigenvalue weighted by Gasteiger charge is 2.29. The van der Waals surface area contributed by atoms with E-state index in [-0.39, 0.29) is 33.9 Å². The summed E-state index contributed by atoms with van der Waals surface area (Å²) in [5.41, 5.74) is 2.97. The number of carbonyl (C=O) groups is 1. The van der Waals surface area contributed by atoms with Crippen LogP contribution in [0.4, 0.5) is 5.69 Å². The zero-order chi connectivity index (χ0) is 21.9. The predicted molar refractivity (Wildman–Crippen MR) is 107 cm³/mol. The van der Waals surface area contributed by atoms with Gasteiger partial charge in [-0.2, -0.15) is 13.5 Å². The average Bonchev–Trinajstić information content (AvgIpc) is 3.54. The number of amides is 1. The standard InChI is InChI=1S/C19H19N3O7S/c1-12-3-7-15(10-16(12)22(24)25)30(26,27)29-17-8-4-13(9-18(17)28-2)11-20-21-19(23)14-5-6-14/h3-4,7-11,14H,5-6H2,1-2H3,(H,21,23)/b20-11+. The zero-order valence-corrected chi connectivity index (χ0v) is 17.0. The van der Waals surface area contributed by atoms with Gasteiger partial charge in [-0.15, -0.1) is 0 Å². The van der Waals surface area contributed by atoms with Crippen molar-refractivity contribution in [1.29, 1.82) is 0 Å². The molecule has 0 spiro atoms. The number of nitro benzene ring substituents is 1. The Balaban J connectivity index is 1.79. The molecule has 11 heteroatoms. The first-order valence-electron chi connectivity index (χ1n) is 8.92. The van der Waals surface area contributed by atoms with Crippen molar-refractivity contribution in [2.45, 2.75) is 24.7 Å². The van der Waals surface area contributed by atoms with Crippen molar-refractivity contribution in [3.05, 3.63) is 57.6 Å². The van der Waals surface area contributed by atoms with Crippen LogP contribution in [0.25, 0.3) is 0 Å². The summed E-state index contributed by atoms with van der Waals surface area (Å²) in [6.45, 7) is 1.51. The monoisotopic (exact) mass is 433 g/mol. The summed E-state index contributed by atoms with van der Waals surface area (Å²) in [6, 6.07) is 7.88. The number of hydrogen-bond acceptors (Lipinski definition) is 8. The third-order valence-electron chi connectivity index (χ3n) is 4.39. The Bertz CT molecular complexity index is 1120. The van der Waals surface area contributed by atoms with E-state index in [0.717, 1.165) is 18.9 Å². The predicted octanol–water partition coefficient (Wildman–Crippen LogP) is 2.54. The molecule has 2 aromatic rings. The Morgan fingerprint density at radius 3 is 2.60 bits per heavy atom. The fraction of sp³-hybridized carbons (Fsp3) is 0.263. The molecule has 0 radical (unpaired) electrons. The smallest absolute Gasteiger partial charge is 0.339 e. The van der Waals surface area contributed by atoms with Gasteiger partial charge in [0.1, 0.15) is 4.90 Å². The quantitative estimate of drug-likeness (QED) is 0.292. The molecular weight excluding hydrogens is 414 g/mol. The van der Waals surface area contributed by atoms with E-state index >= 15 is 0 Å². The normalized spacial score (nSPS) is 13.8. The van der Waals surface area contributed by atoms with E-state index in [1.165, 1.54) is 50.6 Å². The lowest BCUT2D eigenvalue weighted by Crippen LogP contribution is -2.18. The summed E-state index contributed by atoms with van der Waals surface area (Å²) < 4.78 is 35.5. The third kappa shape index (κ3) is 4.92. The molecule has 0 aliphatic heterocycles. The van der Waals surface area contributed by atoms with Gasteiger partial charge in [-0.1, -0.05) is 6.07 Å². The topological polar surface area (TPSA) is 137 Å². The molecule has 0 atom stereocenters. The largest absolute Gasteiger partial charge is 0.493 e. The lowest BCUT2D eigenvalue weighted by Gasteiger charge is -2.11. The summed E-state index contributed by atoms with van der Waals surface area (Å²) in [4.78, 5) is 21.6. The minimum absolute atomic E-state index is 0.0234. The van der Waals surface area contributed by atoms with Gasteiger partial charge < -0.3 is 8.92 Å². The van der Waals surface area contributed by atoms with Crippen LogP contribution < -0.4 is 14.3 Å². The second kappa shape index (κ2) is 8.49. The first-order chi connectivity index (χ1) is 14.2. The second-order valence-electron chi connectivity index (χ2n) is 6.66. The number of hydrazone groups is 1. The van der Waals surface area contributed by atoms with E-state index in [0.29, 0.717) is 11.1 Å². The van der Waals surface area contributed by atoms with Crippen LogP contribution in [0.3, 0.4) is 0 Å². The molecule has 30 heavy (non-hydrogen) atoms. The van der Waals surface area contributed by atoms with Crippen molar-refractivity contribution in [1.82, 2.24) is 5.43 Å². The van der Waals surface area contributed by atoms with Gasteiger partial charge in [0, 0.05) is 17.5 Å². The van der Waals surface area contributed by atoms with Gasteiger partial charge in [0.15, 0.2) is 11.5 Å². The van der Waals surface area contributed by atoms with Crippen LogP contribution in [-0.4, -0.2) is 32.6 Å². The van der Waals surface area contributed by atoms with Crippen LogP contribution in [-0.2, 0) is 14.9 Å². The van der Waals surface area contributed by atoms with Gasteiger partial charge in [0.25, 0.3) is 5.69 Å². The molecule has 10 nitrogen and oxygen atoms in total. The van der Waals surface area contributed by atoms with Crippen LogP contribution in [0.1, 0.15) is 24.0 Å². The Morgan fingerprint density at radius 1 is 1.23 bits per heavy atom. The number of ether oxygens (including phenoxy) is 1. The average molecular weight is 433 g/mol. The summed E-state index contributed by atoms with van der Waals surface area (Å²) in [6.07, 6.45) is 3.12. The number of carbonyl (C=O) groups excluding carboxylic acids is 1. The number of aryl methyl sites for hydroxylation is 1. The molecule has 0 aromatic heterocycles. The molecule has 1 aliphatic rings. The van der Waals surface area contributed by atoms with E-state index < -0.39 is 15.0 Å². The maximum Gasteiger partial charge on any atom is 0.339 e. The first-order valence-corrected chi connectivity index (χ1v) is 10.3. The highest BCUT2D eigenvalue weighted by atomic mass is 32.2. The van der Waals surface area contributed by atoms with E-state index in [9.17, 15) is 23.3 Å². The van der Waals surface area contributed by atoms with Crippen molar-refractivity contribution in [2.75, 3.05) is 7.11 Å². The van der Waals surface area contributed by atoms with Crippen molar-refractivity contribution >= 4 is 27.9 Å². The molecule has 0 bridgehead atoms. The molecular formula is C19H19N3O7S. The van der Waals surface area contributed by atoms with Crippen molar-refractivity contribution in [2.24, 2.45) is 11.0 Å². The molecule has 1 aliphatic carbocycles. The molecule has 1 saturated carbocycles. The Labute approximate surface area is 172 Å². The summed E-state index contributed by atoms with van der Waals surface area (Å²) in [7, 11) is -3.00. The van der Waals surface area contributed by atoms with Gasteiger partial charge in [-0.3, -0.25) is 14.9 Å². The van der Waals surface area contributed by atoms with E-state index in [1.54, 1.807) is 0 Å². The van der Waals surface area contributed by atoms with Crippen LogP contribution in [0.5, 0.6) is 11.5 Å². The Morgan fingerprint density at radius 2 is 1.97 bits per heavy atom. The van der Waals surface area contributed by atoms with Crippen LogP contribution in [0.2, 0.25) is 0 Å². The molecule has 1 fully saturated rings. The fourth-order valence-electron chi connectivity index (χ4n) is 2.55. The maximum absolute atomic E-state index is 12.6. The molecule has 0 heterocycles. The lowest BCUT2D eigenvalue weighted by atomic mass is 10.2. The number of benzene rings is 2. The summed E-state index contributed by atoms with van der Waals surface area (Å²) in [5.74, 6) is -0.107. The van der Waals surface area contributed by atoms with Gasteiger partial charge in [-0.05, 0) is 49.6 Å². The minimum Gasteiger partial charge on any atom is -0.493 e. The van der Waals surface area contributed by atoms with Gasteiger partial charge >= 0.3 is 10.1 Å². The fourth-order valence-corrected chi connectivity index (χ4v) is 3.51. The number of rotatable bonds is 8. The highest BCUT2D eigenvalue weighted by molar-refractivity contribution is 7.87. The van der Waals surface area contributed by atoms with Crippen LogP contribution in [0, 0.1) is 23.0 Å². The number of nitrogens with zero attached hydrogens (tertiary/aromatic N) is 2. The summed E-state index contributed by atoms with van der Waals surface area (Å²) in [5, 5.41) is 14.9. The van der Waals surface area contributed by atoms with Crippen molar-refractivity contribution < 1.29 is 27.1 Å². The van der Waals surface area contributed by atoms with E-state index in [4.69, 9.17) is 8.92 Å². The molecule has 0 unspecified atom stereocenters. The Kier molecular flexibility index (Phi) is 6.01. The third-order valence-corrected chi connectivity index (χ3v) is 5.62. The van der Waals surface area contributed by atoms with Gasteiger partial charge in [0.05, 0.1) is 18.2 Å². The molecule has 158 valence electrons. The lowest BCUT2D eigenvalue weighted by molar-refractivity contribution is -0.385. The minimum atomic E-state index is -4.34. The number of nitro groups is 1. The molecule has 0 saturated heterocycles. The SMILES string of the molecule is COc1cc(/C=N/NC(=O)C2CC2)ccc1OS(=O)(=O)c1ccc(C)c([N+](=O)[O-])c1. The summed E-state index contributed by atoms with van der Waals surface area (Å²) >= 11 is 0. The molecule has 2 aromatic carbocycles. The van der Waals surface area contributed by atoms with Gasteiger partial charge in [-0.25, -0.2) is 5.43 Å². The maximum atomic E-state index is 12.6. The van der Waals surface area contributed by atoms with E-state index in [1.807, 2.05) is 0 Å². The van der Waals surface area contributed by atoms with Crippen molar-refractivity contribution in [3.63, 3.8) is 0 Å². The number of nitrogens with one attached hydrogen (secondary N) is 1.